The Morgan fingerprint density at radius 3 is 2.19 bits per heavy atom. The largest absolute Gasteiger partial charge is 0.508 e. The van der Waals surface area contributed by atoms with Crippen LogP contribution >= 0.6 is 0 Å². The topological polar surface area (TPSA) is 46.5 Å². The van der Waals surface area contributed by atoms with Gasteiger partial charge in [-0.05, 0) is 56.7 Å². The van der Waals surface area contributed by atoms with Gasteiger partial charge in [0.25, 0.3) is 0 Å². The summed E-state index contributed by atoms with van der Waals surface area (Å²) in [5, 5.41) is 8.85. The lowest BCUT2D eigenvalue weighted by Crippen LogP contribution is -2.30. The Hall–Kier alpha value is -1.51. The van der Waals surface area contributed by atoms with Gasteiger partial charge < -0.3 is 9.84 Å². The van der Waals surface area contributed by atoms with E-state index in [2.05, 4.69) is 6.92 Å². The Labute approximate surface area is 128 Å². The lowest BCUT2D eigenvalue weighted by Gasteiger charge is -2.25. The zero-order valence-electron chi connectivity index (χ0n) is 13.7. The summed E-state index contributed by atoms with van der Waals surface area (Å²) in [6.07, 6.45) is 5.49. The van der Waals surface area contributed by atoms with Gasteiger partial charge >= 0.3 is 5.97 Å². The summed E-state index contributed by atoms with van der Waals surface area (Å²) in [6, 6.07) is 7.27. The van der Waals surface area contributed by atoms with Gasteiger partial charge in [0.1, 0.15) is 11.4 Å². The molecule has 0 saturated heterocycles. The molecule has 0 heterocycles. The van der Waals surface area contributed by atoms with E-state index < -0.39 is 0 Å². The normalized spacial score (nSPS) is 16.2. The number of aromatic hydroxyl groups is 1. The van der Waals surface area contributed by atoms with Gasteiger partial charge in [0.2, 0.25) is 0 Å². The number of carbonyl (C=O) groups excluding carboxylic acids is 1. The monoisotopic (exact) mass is 292 g/mol. The van der Waals surface area contributed by atoms with E-state index in [0.29, 0.717) is 5.75 Å². The van der Waals surface area contributed by atoms with Gasteiger partial charge in [-0.2, -0.15) is 0 Å². The third-order valence-corrected chi connectivity index (χ3v) is 3.82. The van der Waals surface area contributed by atoms with E-state index in [1.165, 1.54) is 18.4 Å². The second-order valence-corrected chi connectivity index (χ2v) is 6.25. The number of rotatable bonds is 3. The van der Waals surface area contributed by atoms with Crippen molar-refractivity contribution in [2.75, 3.05) is 0 Å². The predicted molar refractivity (Wildman–Crippen MR) is 85.3 cm³/mol. The maximum absolute atomic E-state index is 11.3. The first kappa shape index (κ1) is 17.5. The quantitative estimate of drug-likeness (QED) is 0.836. The van der Waals surface area contributed by atoms with Crippen LogP contribution in [-0.4, -0.2) is 16.7 Å². The maximum atomic E-state index is 11.3. The van der Waals surface area contributed by atoms with Crippen molar-refractivity contribution in [3.8, 4) is 5.75 Å². The number of ether oxygens (including phenoxy) is 1. The Bertz CT molecular complexity index is 428. The van der Waals surface area contributed by atoms with Crippen molar-refractivity contribution >= 4 is 5.97 Å². The van der Waals surface area contributed by atoms with Crippen molar-refractivity contribution in [3.05, 3.63) is 29.8 Å². The molecular weight excluding hydrogens is 264 g/mol. The summed E-state index contributed by atoms with van der Waals surface area (Å²) in [7, 11) is 0. The molecule has 1 aliphatic carbocycles. The van der Waals surface area contributed by atoms with Crippen LogP contribution < -0.4 is 0 Å². The molecule has 0 bridgehead atoms. The second-order valence-electron chi connectivity index (χ2n) is 6.25. The molecule has 1 saturated carbocycles. The molecule has 118 valence electrons. The number of aryl methyl sites for hydroxylation is 1. The van der Waals surface area contributed by atoms with Crippen LogP contribution in [0.3, 0.4) is 0 Å². The number of hydrogen-bond acceptors (Lipinski definition) is 3. The molecule has 0 radical (unpaired) electrons. The van der Waals surface area contributed by atoms with Crippen molar-refractivity contribution < 1.29 is 14.6 Å². The zero-order chi connectivity index (χ0) is 15.9. The minimum Gasteiger partial charge on any atom is -0.508 e. The average molecular weight is 292 g/mol. The summed E-state index contributed by atoms with van der Waals surface area (Å²) < 4.78 is 5.42. The highest BCUT2D eigenvalue weighted by molar-refractivity contribution is 5.72. The number of carbonyl (C=O) groups is 1. The van der Waals surface area contributed by atoms with Gasteiger partial charge in [-0.15, -0.1) is 0 Å². The van der Waals surface area contributed by atoms with Crippen LogP contribution in [0.25, 0.3) is 0 Å². The van der Waals surface area contributed by atoms with E-state index in [-0.39, 0.29) is 17.5 Å². The molecule has 1 aromatic rings. The van der Waals surface area contributed by atoms with Crippen molar-refractivity contribution in [3.63, 3.8) is 0 Å². The van der Waals surface area contributed by atoms with E-state index in [0.717, 1.165) is 19.3 Å². The molecule has 21 heavy (non-hydrogen) atoms. The second kappa shape index (κ2) is 8.06. The fourth-order valence-corrected chi connectivity index (χ4v) is 2.32. The Morgan fingerprint density at radius 2 is 1.76 bits per heavy atom. The Kier molecular flexibility index (Phi) is 6.73. The molecule has 0 atom stereocenters. The van der Waals surface area contributed by atoms with Crippen LogP contribution in [-0.2, 0) is 16.0 Å². The van der Waals surface area contributed by atoms with Gasteiger partial charge in [-0.1, -0.05) is 32.9 Å². The molecule has 0 aliphatic heterocycles. The molecular formula is C18H28O3. The van der Waals surface area contributed by atoms with Crippen LogP contribution in [0.2, 0.25) is 0 Å². The number of phenols is 1. The van der Waals surface area contributed by atoms with Crippen molar-refractivity contribution in [2.45, 2.75) is 65.4 Å². The first-order valence-corrected chi connectivity index (χ1v) is 7.87. The van der Waals surface area contributed by atoms with E-state index in [4.69, 9.17) is 9.84 Å². The molecule has 1 aromatic carbocycles. The molecule has 0 amide bonds. The van der Waals surface area contributed by atoms with Gasteiger partial charge in [0, 0.05) is 0 Å². The van der Waals surface area contributed by atoms with E-state index in [1.807, 2.05) is 32.9 Å². The Balaban J connectivity index is 0.000000219. The summed E-state index contributed by atoms with van der Waals surface area (Å²) in [5.41, 5.74) is 1.11. The predicted octanol–water partition coefficient (Wildman–Crippen LogP) is 4.47. The molecule has 0 aromatic heterocycles. The highest BCUT2D eigenvalue weighted by Gasteiger charge is 2.32. The van der Waals surface area contributed by atoms with Gasteiger partial charge in [-0.25, -0.2) is 0 Å². The minimum absolute atomic E-state index is 0.00225. The SMILES string of the molecule is CC(C)C(=O)OC1(C)CCCC1.CCc1ccc(O)cc1. The lowest BCUT2D eigenvalue weighted by atomic mass is 10.1. The summed E-state index contributed by atoms with van der Waals surface area (Å²) in [4.78, 5) is 11.3. The Morgan fingerprint density at radius 1 is 1.24 bits per heavy atom. The van der Waals surface area contributed by atoms with E-state index in [1.54, 1.807) is 12.1 Å². The van der Waals surface area contributed by atoms with Gasteiger partial charge in [0.15, 0.2) is 0 Å². The first-order valence-electron chi connectivity index (χ1n) is 7.87. The fraction of sp³-hybridized carbons (Fsp3) is 0.611. The number of hydrogen-bond donors (Lipinski definition) is 1. The zero-order valence-corrected chi connectivity index (χ0v) is 13.7. The highest BCUT2D eigenvalue weighted by Crippen LogP contribution is 2.33. The summed E-state index contributed by atoms with van der Waals surface area (Å²) in [6.45, 7) is 7.88. The van der Waals surface area contributed by atoms with Crippen LogP contribution in [0, 0.1) is 5.92 Å². The van der Waals surface area contributed by atoms with Gasteiger partial charge in [0.05, 0.1) is 5.92 Å². The summed E-state index contributed by atoms with van der Waals surface area (Å²) in [5.74, 6) is 0.286. The fourth-order valence-electron chi connectivity index (χ4n) is 2.32. The average Bonchev–Trinajstić information content (AvgIpc) is 2.86. The molecule has 1 N–H and O–H groups in total. The standard InChI is InChI=1S/C10H18O2.C8H10O/c1-8(2)9(11)12-10(3)6-4-5-7-10;1-2-7-3-5-8(9)6-4-7/h8H,4-7H2,1-3H3;3-6,9H,2H2,1H3. The molecule has 1 aliphatic rings. The van der Waals surface area contributed by atoms with E-state index >= 15 is 0 Å². The summed E-state index contributed by atoms with van der Waals surface area (Å²) >= 11 is 0. The van der Waals surface area contributed by atoms with Crippen molar-refractivity contribution in [2.24, 2.45) is 5.92 Å². The molecule has 2 rings (SSSR count). The third-order valence-electron chi connectivity index (χ3n) is 3.82. The van der Waals surface area contributed by atoms with Crippen LogP contribution in [0.15, 0.2) is 24.3 Å². The molecule has 3 nitrogen and oxygen atoms in total. The lowest BCUT2D eigenvalue weighted by molar-refractivity contribution is -0.161. The third kappa shape index (κ3) is 6.19. The highest BCUT2D eigenvalue weighted by atomic mass is 16.6. The van der Waals surface area contributed by atoms with E-state index in [9.17, 15) is 4.79 Å². The maximum Gasteiger partial charge on any atom is 0.308 e. The molecule has 3 heteroatoms. The number of esters is 1. The molecule has 0 spiro atoms. The molecule has 1 fully saturated rings. The smallest absolute Gasteiger partial charge is 0.308 e. The minimum atomic E-state index is -0.151. The first-order chi connectivity index (χ1) is 9.86. The number of benzene rings is 1. The van der Waals surface area contributed by atoms with Gasteiger partial charge in [-0.3, -0.25) is 4.79 Å². The van der Waals surface area contributed by atoms with Crippen molar-refractivity contribution in [1.82, 2.24) is 0 Å². The van der Waals surface area contributed by atoms with Crippen LogP contribution in [0.5, 0.6) is 5.75 Å². The molecule has 0 unspecified atom stereocenters. The number of phenolic OH excluding ortho intramolecular Hbond substituents is 1. The van der Waals surface area contributed by atoms with Crippen LogP contribution in [0.4, 0.5) is 0 Å². The van der Waals surface area contributed by atoms with Crippen LogP contribution in [0.1, 0.15) is 58.9 Å². The van der Waals surface area contributed by atoms with Crippen molar-refractivity contribution in [1.29, 1.82) is 0 Å².